The first-order chi connectivity index (χ1) is 7.75. The van der Waals surface area contributed by atoms with E-state index < -0.39 is 0 Å². The third-order valence-electron chi connectivity index (χ3n) is 2.74. The highest BCUT2D eigenvalue weighted by Gasteiger charge is 2.20. The SMILES string of the molecule is OC1=c2cc(F)ccc2=C2C=CC=CC2O1. The van der Waals surface area contributed by atoms with Crippen LogP contribution in [0.1, 0.15) is 0 Å². The molecule has 16 heavy (non-hydrogen) atoms. The highest BCUT2D eigenvalue weighted by atomic mass is 19.1. The lowest BCUT2D eigenvalue weighted by molar-refractivity contribution is 0.162. The molecule has 1 atom stereocenters. The third-order valence-corrected chi connectivity index (χ3v) is 2.74. The average molecular weight is 216 g/mol. The number of allylic oxidation sites excluding steroid dienone is 2. The Bertz CT molecular complexity index is 626. The molecule has 0 amide bonds. The minimum Gasteiger partial charge on any atom is -0.481 e. The zero-order valence-electron chi connectivity index (χ0n) is 8.35. The van der Waals surface area contributed by atoms with E-state index in [0.717, 1.165) is 10.8 Å². The average Bonchev–Trinajstić information content (AvgIpc) is 2.29. The van der Waals surface area contributed by atoms with Crippen molar-refractivity contribution in [2.24, 2.45) is 0 Å². The van der Waals surface area contributed by atoms with Gasteiger partial charge in [0.2, 0.25) is 0 Å². The number of ether oxygens (including phenoxy) is 1. The number of fused-ring (bicyclic) bond motifs is 2. The van der Waals surface area contributed by atoms with Crippen molar-refractivity contribution in [1.82, 2.24) is 0 Å². The van der Waals surface area contributed by atoms with Crippen LogP contribution in [0, 0.1) is 5.82 Å². The number of halogens is 1. The molecular formula is C13H9FO2. The van der Waals surface area contributed by atoms with Gasteiger partial charge in [-0.05, 0) is 23.4 Å². The number of hydrogen-bond acceptors (Lipinski definition) is 2. The molecule has 0 fully saturated rings. The molecule has 2 nitrogen and oxygen atoms in total. The summed E-state index contributed by atoms with van der Waals surface area (Å²) >= 11 is 0. The summed E-state index contributed by atoms with van der Waals surface area (Å²) < 4.78 is 18.4. The van der Waals surface area contributed by atoms with Gasteiger partial charge in [-0.2, -0.15) is 0 Å². The molecule has 1 aliphatic carbocycles. The monoisotopic (exact) mass is 216 g/mol. The highest BCUT2D eigenvalue weighted by Crippen LogP contribution is 2.19. The molecular weight excluding hydrogens is 207 g/mol. The molecule has 0 radical (unpaired) electrons. The van der Waals surface area contributed by atoms with Gasteiger partial charge in [0.1, 0.15) is 11.9 Å². The minimum atomic E-state index is -0.386. The van der Waals surface area contributed by atoms with E-state index in [0.29, 0.717) is 5.22 Å². The zero-order valence-corrected chi connectivity index (χ0v) is 8.35. The summed E-state index contributed by atoms with van der Waals surface area (Å²) in [6, 6.07) is 4.32. The first kappa shape index (κ1) is 9.21. The van der Waals surface area contributed by atoms with Gasteiger partial charge in [-0.15, -0.1) is 0 Å². The lowest BCUT2D eigenvalue weighted by Gasteiger charge is -2.22. The summed E-state index contributed by atoms with van der Waals surface area (Å²) in [6.45, 7) is 0. The maximum Gasteiger partial charge on any atom is 0.285 e. The quantitative estimate of drug-likeness (QED) is 0.704. The van der Waals surface area contributed by atoms with Crippen molar-refractivity contribution in [1.29, 1.82) is 0 Å². The van der Waals surface area contributed by atoms with Crippen LogP contribution < -0.4 is 10.4 Å². The summed E-state index contributed by atoms with van der Waals surface area (Å²) in [5.41, 5.74) is 0.940. The van der Waals surface area contributed by atoms with Crippen molar-refractivity contribution in [2.75, 3.05) is 0 Å². The Morgan fingerprint density at radius 1 is 1.19 bits per heavy atom. The van der Waals surface area contributed by atoms with E-state index >= 15 is 0 Å². The van der Waals surface area contributed by atoms with Crippen molar-refractivity contribution >= 4 is 11.5 Å². The molecule has 3 heteroatoms. The van der Waals surface area contributed by atoms with Gasteiger partial charge in [-0.3, -0.25) is 0 Å². The fourth-order valence-electron chi connectivity index (χ4n) is 2.00. The fraction of sp³-hybridized carbons (Fsp3) is 0.0769. The minimum absolute atomic E-state index is 0.219. The normalized spacial score (nSPS) is 21.4. The Balaban J connectivity index is 2.43. The van der Waals surface area contributed by atoms with Gasteiger partial charge in [-0.1, -0.05) is 24.3 Å². The molecule has 1 heterocycles. The molecule has 80 valence electrons. The topological polar surface area (TPSA) is 29.5 Å². The van der Waals surface area contributed by atoms with Crippen LogP contribution in [-0.2, 0) is 4.74 Å². The van der Waals surface area contributed by atoms with Gasteiger partial charge in [0.05, 0.1) is 5.22 Å². The van der Waals surface area contributed by atoms with Crippen LogP contribution >= 0.6 is 0 Å². The van der Waals surface area contributed by atoms with Crippen LogP contribution in [0.2, 0.25) is 0 Å². The number of rotatable bonds is 0. The summed E-state index contributed by atoms with van der Waals surface area (Å²) in [6.07, 6.45) is 7.23. The van der Waals surface area contributed by atoms with Crippen molar-refractivity contribution in [3.63, 3.8) is 0 Å². The predicted octanol–water partition coefficient (Wildman–Crippen LogP) is 1.12. The summed E-state index contributed by atoms with van der Waals surface area (Å²) in [4.78, 5) is 0. The first-order valence-electron chi connectivity index (χ1n) is 5.00. The van der Waals surface area contributed by atoms with E-state index in [-0.39, 0.29) is 17.9 Å². The Hall–Kier alpha value is -2.03. The van der Waals surface area contributed by atoms with Crippen LogP contribution in [-0.4, -0.2) is 11.2 Å². The number of aliphatic hydroxyl groups excluding tert-OH is 1. The zero-order chi connectivity index (χ0) is 11.1. The summed E-state index contributed by atoms with van der Waals surface area (Å²) in [5, 5.41) is 10.9. The second-order valence-corrected chi connectivity index (χ2v) is 3.73. The fourth-order valence-corrected chi connectivity index (χ4v) is 2.00. The second-order valence-electron chi connectivity index (χ2n) is 3.73. The van der Waals surface area contributed by atoms with Crippen LogP contribution in [0.5, 0.6) is 0 Å². The Morgan fingerprint density at radius 3 is 2.94 bits per heavy atom. The molecule has 3 rings (SSSR count). The van der Waals surface area contributed by atoms with Crippen molar-refractivity contribution in [3.8, 4) is 0 Å². The maximum atomic E-state index is 13.1. The predicted molar refractivity (Wildman–Crippen MR) is 58.2 cm³/mol. The summed E-state index contributed by atoms with van der Waals surface area (Å²) in [7, 11) is 0. The van der Waals surface area contributed by atoms with Gasteiger partial charge in [-0.25, -0.2) is 4.39 Å². The molecule has 1 unspecified atom stereocenters. The molecule has 1 aromatic rings. The number of aliphatic hydroxyl groups is 1. The van der Waals surface area contributed by atoms with Gasteiger partial charge < -0.3 is 9.84 Å². The van der Waals surface area contributed by atoms with Gasteiger partial charge in [0.25, 0.3) is 5.95 Å². The lowest BCUT2D eigenvalue weighted by Crippen LogP contribution is -2.38. The van der Waals surface area contributed by atoms with Crippen molar-refractivity contribution in [3.05, 3.63) is 58.8 Å². The largest absolute Gasteiger partial charge is 0.481 e. The third kappa shape index (κ3) is 1.25. The highest BCUT2D eigenvalue weighted by molar-refractivity contribution is 5.68. The first-order valence-corrected chi connectivity index (χ1v) is 5.00. The molecule has 0 bridgehead atoms. The molecule has 1 N–H and O–H groups in total. The van der Waals surface area contributed by atoms with Crippen molar-refractivity contribution in [2.45, 2.75) is 6.10 Å². The van der Waals surface area contributed by atoms with E-state index in [1.165, 1.54) is 12.1 Å². The van der Waals surface area contributed by atoms with Gasteiger partial charge in [0.15, 0.2) is 0 Å². The Morgan fingerprint density at radius 2 is 2.06 bits per heavy atom. The van der Waals surface area contributed by atoms with Crippen LogP contribution in [0.4, 0.5) is 4.39 Å². The Labute approximate surface area is 91.3 Å². The molecule has 0 spiro atoms. The molecule has 0 saturated heterocycles. The molecule has 1 aliphatic heterocycles. The van der Waals surface area contributed by atoms with E-state index in [1.54, 1.807) is 6.07 Å². The molecule has 0 aromatic heterocycles. The summed E-state index contributed by atoms with van der Waals surface area (Å²) in [5.74, 6) is -0.605. The van der Waals surface area contributed by atoms with E-state index in [4.69, 9.17) is 4.74 Å². The second kappa shape index (κ2) is 3.23. The van der Waals surface area contributed by atoms with E-state index in [9.17, 15) is 9.50 Å². The van der Waals surface area contributed by atoms with E-state index in [1.807, 2.05) is 24.3 Å². The van der Waals surface area contributed by atoms with Crippen LogP contribution in [0.25, 0.3) is 11.5 Å². The van der Waals surface area contributed by atoms with Crippen LogP contribution in [0.15, 0.2) is 42.5 Å². The molecule has 2 aliphatic rings. The molecule has 0 saturated carbocycles. The lowest BCUT2D eigenvalue weighted by atomic mass is 9.99. The number of hydrogen-bond donors (Lipinski definition) is 1. The van der Waals surface area contributed by atoms with Crippen LogP contribution in [0.3, 0.4) is 0 Å². The van der Waals surface area contributed by atoms with Crippen molar-refractivity contribution < 1.29 is 14.2 Å². The molecule has 1 aromatic carbocycles. The maximum absolute atomic E-state index is 13.1. The van der Waals surface area contributed by atoms with E-state index in [2.05, 4.69) is 0 Å². The van der Waals surface area contributed by atoms with Gasteiger partial charge >= 0.3 is 0 Å². The Kier molecular flexibility index (Phi) is 1.86. The standard InChI is InChI=1S/C13H9FO2/c14-8-5-6-9-10-3-1-2-4-12(10)16-13(15)11(9)7-8/h1-7,12,15H. The van der Waals surface area contributed by atoms with Gasteiger partial charge in [0, 0.05) is 5.57 Å². The smallest absolute Gasteiger partial charge is 0.285 e. The number of benzene rings is 1.